The van der Waals surface area contributed by atoms with Crippen molar-refractivity contribution in [2.45, 2.75) is 83.4 Å². The average Bonchev–Trinajstić information content (AvgIpc) is 3.24. The summed E-state index contributed by atoms with van der Waals surface area (Å²) in [6.45, 7) is 9.12. The van der Waals surface area contributed by atoms with Crippen LogP contribution in [0.2, 0.25) is 0 Å². The number of thioether (sulfide) groups is 1. The maximum Gasteiger partial charge on any atom is 0.258 e. The molecule has 1 fully saturated rings. The standard InChI is InChI=1S/C28H47N5O9S/c1-7-33-25(37)13-21(28(33)40)42-11-9-31-27(39)22(43-16-20(29)26(38)17(2)3)14-23(35)30-8-10-41-19(15-34)12-24(36)32(6)18(4)5/h15,17-22H,7-14,16,29H2,1-6H3,(H,30,35)(H,31,39). The first-order valence-corrected chi connectivity index (χ1v) is 15.5. The molecule has 4 atom stereocenters. The molecule has 4 unspecified atom stereocenters. The van der Waals surface area contributed by atoms with E-state index in [0.29, 0.717) is 6.29 Å². The SMILES string of the molecule is CCN1C(=O)CC(OCCNC(=O)C(CC(=O)NCCOC(C=O)CC(=O)N(C)C(C)C)SCC(N)C(=O)C(C)C)C1=O. The number of ether oxygens (including phenoxy) is 2. The van der Waals surface area contributed by atoms with Crippen LogP contribution in [0.4, 0.5) is 0 Å². The van der Waals surface area contributed by atoms with E-state index < -0.39 is 41.2 Å². The van der Waals surface area contributed by atoms with Crippen molar-refractivity contribution >= 4 is 53.4 Å². The number of amides is 5. The molecule has 5 amide bonds. The number of nitrogens with zero attached hydrogens (tertiary/aromatic N) is 2. The van der Waals surface area contributed by atoms with Crippen LogP contribution in [0.25, 0.3) is 0 Å². The van der Waals surface area contributed by atoms with E-state index in [-0.39, 0.29) is 87.4 Å². The number of rotatable bonds is 21. The predicted molar refractivity (Wildman–Crippen MR) is 160 cm³/mol. The minimum absolute atomic E-state index is 0.0212. The van der Waals surface area contributed by atoms with Crippen molar-refractivity contribution in [3.05, 3.63) is 0 Å². The Morgan fingerprint density at radius 1 is 1.09 bits per heavy atom. The van der Waals surface area contributed by atoms with E-state index in [4.69, 9.17) is 15.2 Å². The lowest BCUT2D eigenvalue weighted by atomic mass is 10.0. The van der Waals surface area contributed by atoms with Gasteiger partial charge in [0.2, 0.25) is 23.6 Å². The third kappa shape index (κ3) is 13.1. The number of nitrogens with one attached hydrogen (secondary N) is 2. The lowest BCUT2D eigenvalue weighted by Gasteiger charge is -2.23. The van der Waals surface area contributed by atoms with Crippen LogP contribution < -0.4 is 16.4 Å². The van der Waals surface area contributed by atoms with E-state index in [1.165, 1.54) is 4.90 Å². The Kier molecular flexibility index (Phi) is 17.2. The summed E-state index contributed by atoms with van der Waals surface area (Å²) in [5.74, 6) is -2.25. The second-order valence-electron chi connectivity index (χ2n) is 10.7. The first-order valence-electron chi connectivity index (χ1n) is 14.5. The fourth-order valence-corrected chi connectivity index (χ4v) is 5.06. The summed E-state index contributed by atoms with van der Waals surface area (Å²) in [6, 6.07) is -0.841. The van der Waals surface area contributed by atoms with Gasteiger partial charge in [-0.3, -0.25) is 33.7 Å². The van der Waals surface area contributed by atoms with Gasteiger partial charge >= 0.3 is 0 Å². The van der Waals surface area contributed by atoms with E-state index in [9.17, 15) is 33.6 Å². The predicted octanol–water partition coefficient (Wildman–Crippen LogP) is -0.732. The van der Waals surface area contributed by atoms with Crippen molar-refractivity contribution < 1.29 is 43.0 Å². The van der Waals surface area contributed by atoms with Gasteiger partial charge in [-0.25, -0.2) is 0 Å². The van der Waals surface area contributed by atoms with E-state index in [1.807, 2.05) is 13.8 Å². The fraction of sp³-hybridized carbons (Fsp3) is 0.750. The zero-order chi connectivity index (χ0) is 32.7. The number of hydrogen-bond acceptors (Lipinski definition) is 11. The normalized spacial score (nSPS) is 17.1. The molecule has 0 bridgehead atoms. The highest BCUT2D eigenvalue weighted by Gasteiger charge is 2.38. The van der Waals surface area contributed by atoms with E-state index >= 15 is 0 Å². The zero-order valence-electron chi connectivity index (χ0n) is 26.0. The lowest BCUT2D eigenvalue weighted by molar-refractivity contribution is -0.141. The minimum atomic E-state index is -0.954. The molecule has 0 spiro atoms. The van der Waals surface area contributed by atoms with Gasteiger partial charge in [0.25, 0.3) is 5.91 Å². The Bertz CT molecular complexity index is 994. The highest BCUT2D eigenvalue weighted by molar-refractivity contribution is 8.00. The van der Waals surface area contributed by atoms with Gasteiger partial charge < -0.3 is 35.5 Å². The molecule has 1 saturated heterocycles. The number of likely N-dealkylation sites (tertiary alicyclic amines) is 1. The van der Waals surface area contributed by atoms with Crippen molar-refractivity contribution in [3.63, 3.8) is 0 Å². The number of likely N-dealkylation sites (N-methyl/N-ethyl adjacent to an activating group) is 1. The van der Waals surface area contributed by atoms with Crippen molar-refractivity contribution in [3.8, 4) is 0 Å². The molecule has 15 heteroatoms. The molecular formula is C28H47N5O9S. The molecule has 0 aromatic heterocycles. The highest BCUT2D eigenvalue weighted by atomic mass is 32.2. The molecule has 4 N–H and O–H groups in total. The number of imide groups is 1. The summed E-state index contributed by atoms with van der Waals surface area (Å²) < 4.78 is 10.9. The Balaban J connectivity index is 2.62. The van der Waals surface area contributed by atoms with Crippen molar-refractivity contribution in [2.24, 2.45) is 11.7 Å². The quantitative estimate of drug-likeness (QED) is 0.0823. The summed E-state index contributed by atoms with van der Waals surface area (Å²) in [4.78, 5) is 88.0. The van der Waals surface area contributed by atoms with Crippen molar-refractivity contribution in [1.82, 2.24) is 20.4 Å². The zero-order valence-corrected chi connectivity index (χ0v) is 26.8. The second kappa shape index (κ2) is 19.4. The van der Waals surface area contributed by atoms with Crippen LogP contribution in [0.5, 0.6) is 0 Å². The maximum atomic E-state index is 12.9. The average molecular weight is 630 g/mol. The Labute approximate surface area is 257 Å². The Morgan fingerprint density at radius 3 is 2.30 bits per heavy atom. The number of aldehydes is 1. The van der Waals surface area contributed by atoms with E-state index in [0.717, 1.165) is 16.7 Å². The third-order valence-electron chi connectivity index (χ3n) is 6.77. The Morgan fingerprint density at radius 2 is 1.74 bits per heavy atom. The molecule has 14 nitrogen and oxygen atoms in total. The van der Waals surface area contributed by atoms with Crippen LogP contribution in [0.3, 0.4) is 0 Å². The summed E-state index contributed by atoms with van der Waals surface area (Å²) in [5, 5.41) is 4.41. The molecule has 1 aliphatic rings. The van der Waals surface area contributed by atoms with Gasteiger partial charge in [0.05, 0.1) is 37.3 Å². The molecule has 0 saturated carbocycles. The molecule has 0 aromatic carbocycles. The summed E-state index contributed by atoms with van der Waals surface area (Å²) in [7, 11) is 1.64. The molecule has 1 aliphatic heterocycles. The van der Waals surface area contributed by atoms with Gasteiger partial charge in [0, 0.05) is 50.8 Å². The van der Waals surface area contributed by atoms with Crippen LogP contribution in [-0.2, 0) is 43.0 Å². The smallest absolute Gasteiger partial charge is 0.258 e. The van der Waals surface area contributed by atoms with E-state index in [1.54, 1.807) is 27.8 Å². The van der Waals surface area contributed by atoms with Crippen LogP contribution in [-0.4, -0.2) is 127 Å². The number of Topliss-reactive ketones (excluding diaryl/α,β-unsaturated/α-hetero) is 1. The van der Waals surface area contributed by atoms with Crippen molar-refractivity contribution in [1.29, 1.82) is 0 Å². The fourth-order valence-electron chi connectivity index (χ4n) is 3.95. The number of nitrogens with two attached hydrogens (primary N) is 1. The molecule has 43 heavy (non-hydrogen) atoms. The summed E-state index contributed by atoms with van der Waals surface area (Å²) >= 11 is 1.07. The molecule has 0 aliphatic carbocycles. The molecule has 0 radical (unpaired) electrons. The number of hydrogen-bond donors (Lipinski definition) is 3. The Hall–Kier alpha value is -2.88. The molecular weight excluding hydrogens is 582 g/mol. The van der Waals surface area contributed by atoms with Gasteiger partial charge in [-0.15, -0.1) is 11.8 Å². The van der Waals surface area contributed by atoms with Crippen LogP contribution >= 0.6 is 11.8 Å². The molecule has 1 rings (SSSR count). The first-order chi connectivity index (χ1) is 20.2. The van der Waals surface area contributed by atoms with Crippen molar-refractivity contribution in [2.75, 3.05) is 45.6 Å². The highest BCUT2D eigenvalue weighted by Crippen LogP contribution is 2.18. The summed E-state index contributed by atoms with van der Waals surface area (Å²) in [5.41, 5.74) is 5.99. The van der Waals surface area contributed by atoms with Crippen LogP contribution in [0.15, 0.2) is 0 Å². The topological polar surface area (TPSA) is 195 Å². The molecule has 1 heterocycles. The first kappa shape index (κ1) is 38.1. The van der Waals surface area contributed by atoms with Gasteiger partial charge in [-0.1, -0.05) is 13.8 Å². The largest absolute Gasteiger partial charge is 0.368 e. The molecule has 244 valence electrons. The van der Waals surface area contributed by atoms with Crippen LogP contribution in [0, 0.1) is 5.92 Å². The second-order valence-corrected chi connectivity index (χ2v) is 12.0. The monoisotopic (exact) mass is 629 g/mol. The minimum Gasteiger partial charge on any atom is -0.368 e. The molecule has 0 aromatic rings. The van der Waals surface area contributed by atoms with Gasteiger partial charge in [-0.2, -0.15) is 0 Å². The lowest BCUT2D eigenvalue weighted by Crippen LogP contribution is -2.42. The van der Waals surface area contributed by atoms with Crippen LogP contribution in [0.1, 0.15) is 53.9 Å². The number of carbonyl (C=O) groups excluding carboxylic acids is 7. The maximum absolute atomic E-state index is 12.9. The van der Waals surface area contributed by atoms with Gasteiger partial charge in [0.1, 0.15) is 18.5 Å². The summed E-state index contributed by atoms with van der Waals surface area (Å²) in [6.07, 6.45) is -1.71. The van der Waals surface area contributed by atoms with Gasteiger partial charge in [0.15, 0.2) is 5.78 Å². The van der Waals surface area contributed by atoms with E-state index in [2.05, 4.69) is 10.6 Å². The third-order valence-corrected chi connectivity index (χ3v) is 8.10. The number of carbonyl (C=O) groups is 7. The number of ketones is 1. The van der Waals surface area contributed by atoms with Gasteiger partial charge in [-0.05, 0) is 20.8 Å².